The Hall–Kier alpha value is -1.68. The Morgan fingerprint density at radius 1 is 1.24 bits per heavy atom. The predicted molar refractivity (Wildman–Crippen MR) is 87.1 cm³/mol. The lowest BCUT2D eigenvalue weighted by Crippen LogP contribution is -2.09. The van der Waals surface area contributed by atoms with Crippen LogP contribution in [0.3, 0.4) is 0 Å². The number of anilines is 1. The minimum Gasteiger partial charge on any atom is -0.492 e. The summed E-state index contributed by atoms with van der Waals surface area (Å²) in [6.45, 7) is 6.57. The molecule has 0 radical (unpaired) electrons. The topological polar surface area (TPSA) is 39.1 Å². The fraction of sp³-hybridized carbons (Fsp3) is 0.438. The largest absolute Gasteiger partial charge is 0.492 e. The molecule has 2 aromatic rings. The quantitative estimate of drug-likeness (QED) is 0.788. The Morgan fingerprint density at radius 2 is 2.10 bits per heavy atom. The second kappa shape index (κ2) is 7.93. The van der Waals surface area contributed by atoms with Crippen LogP contribution in [-0.4, -0.2) is 16.4 Å². The first-order chi connectivity index (χ1) is 10.2. The van der Waals surface area contributed by atoms with Crippen LogP contribution in [0, 0.1) is 0 Å². The highest BCUT2D eigenvalue weighted by atomic mass is 35.5. The van der Waals surface area contributed by atoms with Crippen molar-refractivity contribution in [1.29, 1.82) is 0 Å². The van der Waals surface area contributed by atoms with Crippen LogP contribution >= 0.6 is 11.6 Å². The molecule has 2 rings (SSSR count). The molecule has 1 N–H and O–H groups in total. The first kappa shape index (κ1) is 15.7. The van der Waals surface area contributed by atoms with Gasteiger partial charge in [0.1, 0.15) is 5.75 Å². The van der Waals surface area contributed by atoms with Gasteiger partial charge in [0.05, 0.1) is 23.9 Å². The maximum absolute atomic E-state index is 6.22. The molecule has 0 amide bonds. The van der Waals surface area contributed by atoms with Crippen LogP contribution in [0.1, 0.15) is 32.4 Å². The van der Waals surface area contributed by atoms with Crippen LogP contribution in [0.5, 0.6) is 5.75 Å². The van der Waals surface area contributed by atoms with E-state index < -0.39 is 0 Å². The van der Waals surface area contributed by atoms with Gasteiger partial charge < -0.3 is 10.1 Å². The molecular weight excluding hydrogens is 286 g/mol. The molecule has 0 bridgehead atoms. The number of hydrogen-bond donors (Lipinski definition) is 1. The van der Waals surface area contributed by atoms with E-state index in [9.17, 15) is 0 Å². The number of ether oxygens (including phenoxy) is 1. The maximum atomic E-state index is 6.22. The van der Waals surface area contributed by atoms with E-state index in [4.69, 9.17) is 16.3 Å². The van der Waals surface area contributed by atoms with Gasteiger partial charge in [0.25, 0.3) is 0 Å². The van der Waals surface area contributed by atoms with Crippen LogP contribution < -0.4 is 10.1 Å². The van der Waals surface area contributed by atoms with Crippen LogP contribution in [0.2, 0.25) is 5.02 Å². The van der Waals surface area contributed by atoms with Gasteiger partial charge in [-0.15, -0.1) is 0 Å². The van der Waals surface area contributed by atoms with Crippen molar-refractivity contribution in [3.8, 4) is 5.75 Å². The number of hydrogen-bond acceptors (Lipinski definition) is 3. The molecular formula is C16H22ClN3O. The zero-order valence-electron chi connectivity index (χ0n) is 12.6. The lowest BCUT2D eigenvalue weighted by molar-refractivity contribution is 0.317. The predicted octanol–water partition coefficient (Wildman–Crippen LogP) is 4.35. The smallest absolute Gasteiger partial charge is 0.138 e. The molecule has 0 saturated carbocycles. The van der Waals surface area contributed by atoms with Crippen molar-refractivity contribution in [1.82, 2.24) is 9.78 Å². The Labute approximate surface area is 131 Å². The van der Waals surface area contributed by atoms with Crippen molar-refractivity contribution >= 4 is 17.3 Å². The van der Waals surface area contributed by atoms with Gasteiger partial charge in [-0.05, 0) is 37.1 Å². The highest BCUT2D eigenvalue weighted by Crippen LogP contribution is 2.28. The third-order valence-electron chi connectivity index (χ3n) is 3.11. The molecule has 0 atom stereocenters. The van der Waals surface area contributed by atoms with Gasteiger partial charge in [0.15, 0.2) is 0 Å². The molecule has 0 aliphatic rings. The summed E-state index contributed by atoms with van der Waals surface area (Å²) < 4.78 is 7.59. The number of aromatic nitrogens is 2. The average Bonchev–Trinajstić information content (AvgIpc) is 2.92. The first-order valence-electron chi connectivity index (χ1n) is 7.41. The molecule has 0 aliphatic carbocycles. The van der Waals surface area contributed by atoms with Crippen LogP contribution in [-0.2, 0) is 13.1 Å². The Morgan fingerprint density at radius 3 is 2.81 bits per heavy atom. The van der Waals surface area contributed by atoms with Gasteiger partial charge in [-0.25, -0.2) is 0 Å². The van der Waals surface area contributed by atoms with Gasteiger partial charge >= 0.3 is 0 Å². The van der Waals surface area contributed by atoms with E-state index in [1.807, 2.05) is 35.1 Å². The van der Waals surface area contributed by atoms with Crippen molar-refractivity contribution < 1.29 is 4.74 Å². The third kappa shape index (κ3) is 4.39. The molecule has 114 valence electrons. The second-order valence-electron chi connectivity index (χ2n) is 4.89. The molecule has 0 aliphatic heterocycles. The van der Waals surface area contributed by atoms with E-state index in [2.05, 4.69) is 24.3 Å². The number of nitrogens with zero attached hydrogens (tertiary/aromatic N) is 2. The van der Waals surface area contributed by atoms with E-state index >= 15 is 0 Å². The molecule has 1 aromatic heterocycles. The monoisotopic (exact) mass is 307 g/mol. The van der Waals surface area contributed by atoms with Crippen molar-refractivity contribution in [3.05, 3.63) is 41.2 Å². The highest BCUT2D eigenvalue weighted by Gasteiger charge is 2.05. The molecule has 5 heteroatoms. The van der Waals surface area contributed by atoms with Crippen LogP contribution in [0.15, 0.2) is 30.5 Å². The summed E-state index contributed by atoms with van der Waals surface area (Å²) in [6.07, 6.45) is 3.88. The molecule has 21 heavy (non-hydrogen) atoms. The highest BCUT2D eigenvalue weighted by molar-refractivity contribution is 6.32. The second-order valence-corrected chi connectivity index (χ2v) is 5.30. The van der Waals surface area contributed by atoms with Gasteiger partial charge in [0, 0.05) is 18.4 Å². The zero-order valence-corrected chi connectivity index (χ0v) is 13.4. The van der Waals surface area contributed by atoms with Crippen LogP contribution in [0.25, 0.3) is 0 Å². The minimum atomic E-state index is 0.635. The Kier molecular flexibility index (Phi) is 5.93. The summed E-state index contributed by atoms with van der Waals surface area (Å²) in [6, 6.07) is 7.82. The fourth-order valence-electron chi connectivity index (χ4n) is 2.06. The fourth-order valence-corrected chi connectivity index (χ4v) is 2.29. The van der Waals surface area contributed by atoms with E-state index in [-0.39, 0.29) is 0 Å². The molecule has 4 nitrogen and oxygen atoms in total. The van der Waals surface area contributed by atoms with Gasteiger partial charge in [-0.1, -0.05) is 25.4 Å². The standard InChI is InChI=1S/C16H22ClN3O/c1-3-9-20-14(7-8-19-20)12-18-13-5-6-16(15(17)11-13)21-10-4-2/h5-8,11,18H,3-4,9-10,12H2,1-2H3. The van der Waals surface area contributed by atoms with Gasteiger partial charge in [-0.3, -0.25) is 4.68 Å². The minimum absolute atomic E-state index is 0.635. The summed E-state index contributed by atoms with van der Waals surface area (Å²) >= 11 is 6.22. The van der Waals surface area contributed by atoms with Crippen LogP contribution in [0.4, 0.5) is 5.69 Å². The van der Waals surface area contributed by atoms with E-state index in [0.717, 1.165) is 37.4 Å². The van der Waals surface area contributed by atoms with Gasteiger partial charge in [0.2, 0.25) is 0 Å². The number of aryl methyl sites for hydroxylation is 1. The Balaban J connectivity index is 1.97. The SMILES string of the molecule is CCCOc1ccc(NCc2ccnn2CCC)cc1Cl. The summed E-state index contributed by atoms with van der Waals surface area (Å²) in [4.78, 5) is 0. The molecule has 1 heterocycles. The van der Waals surface area contributed by atoms with E-state index in [1.165, 1.54) is 5.69 Å². The average molecular weight is 308 g/mol. The normalized spacial score (nSPS) is 10.6. The van der Waals surface area contributed by atoms with Crippen molar-refractivity contribution in [3.63, 3.8) is 0 Å². The summed E-state index contributed by atoms with van der Waals surface area (Å²) in [5.74, 6) is 0.736. The van der Waals surface area contributed by atoms with E-state index in [0.29, 0.717) is 11.6 Å². The summed E-state index contributed by atoms with van der Waals surface area (Å²) in [7, 11) is 0. The molecule has 0 fully saturated rings. The van der Waals surface area contributed by atoms with E-state index in [1.54, 1.807) is 0 Å². The number of benzene rings is 1. The summed E-state index contributed by atoms with van der Waals surface area (Å²) in [5, 5.41) is 8.32. The van der Waals surface area contributed by atoms with Crippen molar-refractivity contribution in [2.24, 2.45) is 0 Å². The number of rotatable bonds is 8. The van der Waals surface area contributed by atoms with Gasteiger partial charge in [-0.2, -0.15) is 5.10 Å². The third-order valence-corrected chi connectivity index (χ3v) is 3.40. The molecule has 1 aromatic carbocycles. The molecule has 0 saturated heterocycles. The number of halogens is 1. The molecule has 0 unspecified atom stereocenters. The summed E-state index contributed by atoms with van der Waals surface area (Å²) in [5.41, 5.74) is 2.15. The lowest BCUT2D eigenvalue weighted by atomic mass is 10.3. The van der Waals surface area contributed by atoms with Crippen molar-refractivity contribution in [2.75, 3.05) is 11.9 Å². The van der Waals surface area contributed by atoms with Crippen molar-refractivity contribution in [2.45, 2.75) is 39.8 Å². The lowest BCUT2D eigenvalue weighted by Gasteiger charge is -2.11. The molecule has 0 spiro atoms. The zero-order chi connectivity index (χ0) is 15.1. The number of nitrogens with one attached hydrogen (secondary N) is 1. The first-order valence-corrected chi connectivity index (χ1v) is 7.79. The maximum Gasteiger partial charge on any atom is 0.138 e. The Bertz CT molecular complexity index is 568.